The van der Waals surface area contributed by atoms with E-state index in [9.17, 15) is 4.79 Å². The molecule has 0 aliphatic carbocycles. The van der Waals surface area contributed by atoms with Gasteiger partial charge in [0.25, 0.3) is 0 Å². The van der Waals surface area contributed by atoms with Gasteiger partial charge in [-0.1, -0.05) is 17.3 Å². The van der Waals surface area contributed by atoms with Gasteiger partial charge in [-0.3, -0.25) is 0 Å². The Labute approximate surface area is 81.8 Å². The predicted molar refractivity (Wildman–Crippen MR) is 51.8 cm³/mol. The fourth-order valence-corrected chi connectivity index (χ4v) is 0.986. The van der Waals surface area contributed by atoms with Crippen molar-refractivity contribution in [3.05, 3.63) is 35.4 Å². The largest absolute Gasteiger partial charge is 0.462 e. The molecule has 1 rings (SSSR count). The van der Waals surface area contributed by atoms with E-state index in [1.807, 2.05) is 0 Å². The zero-order chi connectivity index (χ0) is 10.4. The minimum absolute atomic E-state index is 0.347. The van der Waals surface area contributed by atoms with Crippen LogP contribution in [0.2, 0.25) is 0 Å². The summed E-state index contributed by atoms with van der Waals surface area (Å²) in [6, 6.07) is 6.59. The third kappa shape index (κ3) is 2.58. The molecule has 0 bridgehead atoms. The summed E-state index contributed by atoms with van der Waals surface area (Å²) in [5, 5.41) is 11.1. The summed E-state index contributed by atoms with van der Waals surface area (Å²) < 4.78 is 4.81. The zero-order valence-corrected chi connectivity index (χ0v) is 7.80. The number of hydrogen-bond acceptors (Lipinski definition) is 4. The van der Waals surface area contributed by atoms with Gasteiger partial charge in [-0.2, -0.15) is 0 Å². The van der Waals surface area contributed by atoms with Gasteiger partial charge < -0.3 is 9.94 Å². The Kier molecular flexibility index (Phi) is 3.67. The fourth-order valence-electron chi connectivity index (χ4n) is 0.986. The van der Waals surface area contributed by atoms with Crippen LogP contribution in [-0.4, -0.2) is 24.0 Å². The van der Waals surface area contributed by atoms with Crippen molar-refractivity contribution in [3.63, 3.8) is 0 Å². The van der Waals surface area contributed by atoms with E-state index in [1.54, 1.807) is 31.2 Å². The molecule has 14 heavy (non-hydrogen) atoms. The lowest BCUT2D eigenvalue weighted by atomic mass is 10.1. The van der Waals surface area contributed by atoms with E-state index in [0.717, 1.165) is 5.56 Å². The fraction of sp³-hybridized carbons (Fsp3) is 0.200. The lowest BCUT2D eigenvalue weighted by Gasteiger charge is -2.00. The highest BCUT2D eigenvalue weighted by molar-refractivity contribution is 5.90. The molecule has 0 saturated carbocycles. The first kappa shape index (κ1) is 10.2. The van der Waals surface area contributed by atoms with Crippen molar-refractivity contribution in [2.24, 2.45) is 5.16 Å². The van der Waals surface area contributed by atoms with E-state index in [-0.39, 0.29) is 5.97 Å². The van der Waals surface area contributed by atoms with Gasteiger partial charge >= 0.3 is 5.97 Å². The minimum atomic E-state index is -0.347. The zero-order valence-electron chi connectivity index (χ0n) is 7.80. The normalized spacial score (nSPS) is 10.4. The highest BCUT2D eigenvalue weighted by atomic mass is 16.5. The van der Waals surface area contributed by atoms with Crippen molar-refractivity contribution in [3.8, 4) is 0 Å². The Morgan fingerprint density at radius 2 is 2.14 bits per heavy atom. The first-order chi connectivity index (χ1) is 6.77. The van der Waals surface area contributed by atoms with Gasteiger partial charge in [0.1, 0.15) is 0 Å². The van der Waals surface area contributed by atoms with Crippen LogP contribution in [0.5, 0.6) is 0 Å². The first-order valence-electron chi connectivity index (χ1n) is 4.22. The second kappa shape index (κ2) is 5.01. The smallest absolute Gasteiger partial charge is 0.338 e. The van der Waals surface area contributed by atoms with Crippen LogP contribution in [0.25, 0.3) is 0 Å². The number of esters is 1. The Hall–Kier alpha value is -1.84. The molecule has 0 fully saturated rings. The number of nitrogens with zero attached hydrogens (tertiary/aromatic N) is 1. The van der Waals surface area contributed by atoms with Crippen LogP contribution in [0.4, 0.5) is 0 Å². The molecule has 0 amide bonds. The van der Waals surface area contributed by atoms with Crippen LogP contribution in [0, 0.1) is 0 Å². The SMILES string of the molecule is CCOC(=O)c1ccc(/C=N/O)cc1. The molecule has 1 aromatic carbocycles. The van der Waals surface area contributed by atoms with Crippen molar-refractivity contribution in [2.75, 3.05) is 6.61 Å². The first-order valence-corrected chi connectivity index (χ1v) is 4.22. The molecular formula is C10H11NO3. The van der Waals surface area contributed by atoms with E-state index in [4.69, 9.17) is 9.94 Å². The Balaban J connectivity index is 2.77. The number of oxime groups is 1. The molecule has 0 spiro atoms. The van der Waals surface area contributed by atoms with E-state index in [2.05, 4.69) is 5.16 Å². The molecule has 0 aromatic heterocycles. The lowest BCUT2D eigenvalue weighted by molar-refractivity contribution is 0.0526. The number of rotatable bonds is 3. The van der Waals surface area contributed by atoms with Gasteiger partial charge in [-0.25, -0.2) is 4.79 Å². The molecule has 0 atom stereocenters. The Morgan fingerprint density at radius 1 is 1.50 bits per heavy atom. The number of carbonyl (C=O) groups is 1. The molecule has 0 radical (unpaired) electrons. The molecule has 1 N–H and O–H groups in total. The quantitative estimate of drug-likeness (QED) is 0.344. The second-order valence-corrected chi connectivity index (χ2v) is 2.59. The Morgan fingerprint density at radius 3 is 2.64 bits per heavy atom. The average Bonchev–Trinajstić information content (AvgIpc) is 2.20. The molecule has 0 unspecified atom stereocenters. The van der Waals surface area contributed by atoms with Crippen molar-refractivity contribution in [2.45, 2.75) is 6.92 Å². The third-order valence-corrected chi connectivity index (χ3v) is 1.63. The van der Waals surface area contributed by atoms with Gasteiger partial charge in [-0.05, 0) is 24.6 Å². The summed E-state index contributed by atoms with van der Waals surface area (Å²) >= 11 is 0. The summed E-state index contributed by atoms with van der Waals surface area (Å²) in [5.41, 5.74) is 1.21. The van der Waals surface area contributed by atoms with E-state index < -0.39 is 0 Å². The third-order valence-electron chi connectivity index (χ3n) is 1.63. The van der Waals surface area contributed by atoms with Crippen LogP contribution in [0.15, 0.2) is 29.4 Å². The molecule has 4 heteroatoms. The Bertz CT molecular complexity index is 330. The van der Waals surface area contributed by atoms with E-state index in [1.165, 1.54) is 6.21 Å². The van der Waals surface area contributed by atoms with Crippen molar-refractivity contribution < 1.29 is 14.7 Å². The lowest BCUT2D eigenvalue weighted by Crippen LogP contribution is -2.04. The number of benzene rings is 1. The standard InChI is InChI=1S/C10H11NO3/c1-2-14-10(12)9-5-3-8(4-6-9)7-11-13/h3-7,13H,2H2,1H3/b11-7+. The number of ether oxygens (including phenoxy) is 1. The van der Waals surface area contributed by atoms with Gasteiger partial charge in [0.15, 0.2) is 0 Å². The summed E-state index contributed by atoms with van der Waals surface area (Å²) in [4.78, 5) is 11.2. The van der Waals surface area contributed by atoms with Gasteiger partial charge in [-0.15, -0.1) is 0 Å². The van der Waals surface area contributed by atoms with E-state index >= 15 is 0 Å². The molecule has 4 nitrogen and oxygen atoms in total. The average molecular weight is 193 g/mol. The summed E-state index contributed by atoms with van der Waals surface area (Å²) in [6.45, 7) is 2.11. The van der Waals surface area contributed by atoms with Gasteiger partial charge in [0.2, 0.25) is 0 Å². The highest BCUT2D eigenvalue weighted by Gasteiger charge is 2.04. The minimum Gasteiger partial charge on any atom is -0.462 e. The molecule has 74 valence electrons. The van der Waals surface area contributed by atoms with Crippen LogP contribution >= 0.6 is 0 Å². The van der Waals surface area contributed by atoms with Gasteiger partial charge in [0.05, 0.1) is 18.4 Å². The van der Waals surface area contributed by atoms with Crippen molar-refractivity contribution >= 4 is 12.2 Å². The van der Waals surface area contributed by atoms with Crippen molar-refractivity contribution in [1.29, 1.82) is 0 Å². The second-order valence-electron chi connectivity index (χ2n) is 2.59. The number of hydrogen-bond donors (Lipinski definition) is 1. The molecular weight excluding hydrogens is 182 g/mol. The van der Waals surface area contributed by atoms with Crippen molar-refractivity contribution in [1.82, 2.24) is 0 Å². The van der Waals surface area contributed by atoms with E-state index in [0.29, 0.717) is 12.2 Å². The van der Waals surface area contributed by atoms with Crippen LogP contribution in [-0.2, 0) is 4.74 Å². The maximum absolute atomic E-state index is 11.2. The molecule has 0 aliphatic rings. The highest BCUT2D eigenvalue weighted by Crippen LogP contribution is 2.04. The summed E-state index contributed by atoms with van der Waals surface area (Å²) in [7, 11) is 0. The molecule has 0 aliphatic heterocycles. The summed E-state index contributed by atoms with van der Waals surface area (Å²) in [5.74, 6) is -0.347. The molecule has 0 saturated heterocycles. The topological polar surface area (TPSA) is 58.9 Å². The van der Waals surface area contributed by atoms with Gasteiger partial charge in [0, 0.05) is 0 Å². The van der Waals surface area contributed by atoms with Crippen LogP contribution in [0.3, 0.4) is 0 Å². The number of carbonyl (C=O) groups excluding carboxylic acids is 1. The maximum atomic E-state index is 11.2. The van der Waals surface area contributed by atoms with Crippen LogP contribution < -0.4 is 0 Å². The summed E-state index contributed by atoms with van der Waals surface area (Å²) in [6.07, 6.45) is 1.29. The monoisotopic (exact) mass is 193 g/mol. The maximum Gasteiger partial charge on any atom is 0.338 e. The predicted octanol–water partition coefficient (Wildman–Crippen LogP) is 1.67. The molecule has 0 heterocycles. The van der Waals surface area contributed by atoms with Crippen LogP contribution in [0.1, 0.15) is 22.8 Å². The molecule has 1 aromatic rings.